The predicted molar refractivity (Wildman–Crippen MR) is 69.9 cm³/mol. The number of carbonyl (C=O) groups excluding carboxylic acids is 1. The largest absolute Gasteiger partial charge is 0.491 e. The normalized spacial score (nSPS) is 12.7. The first-order valence-electron chi connectivity index (χ1n) is 6.18. The Hall–Kier alpha value is -1.92. The van der Waals surface area contributed by atoms with E-state index in [4.69, 9.17) is 4.74 Å². The number of ether oxygens (including phenoxy) is 1. The first-order chi connectivity index (χ1) is 9.30. The Morgan fingerprint density at radius 2 is 2.10 bits per heavy atom. The fourth-order valence-corrected chi connectivity index (χ4v) is 1.32. The van der Waals surface area contributed by atoms with Crippen LogP contribution >= 0.6 is 0 Å². The molecule has 4 nitrogen and oxygen atoms in total. The number of hydrogen-bond donors (Lipinski definition) is 2. The molecule has 0 aliphatic carbocycles. The second-order valence-electron chi connectivity index (χ2n) is 4.29. The van der Waals surface area contributed by atoms with Gasteiger partial charge in [0, 0.05) is 11.8 Å². The van der Waals surface area contributed by atoms with Crippen molar-refractivity contribution in [1.82, 2.24) is 5.32 Å². The lowest BCUT2D eigenvalue weighted by Crippen LogP contribution is -2.36. The number of halogens is 3. The van der Waals surface area contributed by atoms with Gasteiger partial charge in [0.15, 0.2) is 0 Å². The molecule has 0 bridgehead atoms. The van der Waals surface area contributed by atoms with E-state index < -0.39 is 18.8 Å². The monoisotopic (exact) mass is 290 g/mol. The van der Waals surface area contributed by atoms with Gasteiger partial charge in [-0.3, -0.25) is 0 Å². The number of rotatable bonds is 5. The van der Waals surface area contributed by atoms with E-state index in [0.29, 0.717) is 11.4 Å². The van der Waals surface area contributed by atoms with Crippen LogP contribution in [0.25, 0.3) is 0 Å². The zero-order valence-electron chi connectivity index (χ0n) is 11.3. The van der Waals surface area contributed by atoms with Crippen LogP contribution in [0, 0.1) is 0 Å². The van der Waals surface area contributed by atoms with E-state index >= 15 is 0 Å². The second kappa shape index (κ2) is 7.02. The Morgan fingerprint density at radius 3 is 2.70 bits per heavy atom. The molecule has 2 amide bonds. The van der Waals surface area contributed by atoms with Crippen molar-refractivity contribution in [2.24, 2.45) is 0 Å². The van der Waals surface area contributed by atoms with Gasteiger partial charge in [-0.1, -0.05) is 13.0 Å². The molecule has 0 radical (unpaired) electrons. The summed E-state index contributed by atoms with van der Waals surface area (Å²) in [6.45, 7) is 2.50. The van der Waals surface area contributed by atoms with Crippen molar-refractivity contribution in [2.75, 3.05) is 11.9 Å². The van der Waals surface area contributed by atoms with Gasteiger partial charge in [0.05, 0.1) is 6.10 Å². The van der Waals surface area contributed by atoms with Crippen molar-refractivity contribution in [2.45, 2.75) is 32.5 Å². The average molecular weight is 290 g/mol. The zero-order valence-corrected chi connectivity index (χ0v) is 11.3. The number of benzene rings is 1. The molecule has 0 spiro atoms. The highest BCUT2D eigenvalue weighted by Crippen LogP contribution is 2.19. The highest BCUT2D eigenvalue weighted by molar-refractivity contribution is 5.89. The van der Waals surface area contributed by atoms with Gasteiger partial charge in [-0.15, -0.1) is 0 Å². The van der Waals surface area contributed by atoms with Crippen LogP contribution in [0.5, 0.6) is 5.75 Å². The van der Waals surface area contributed by atoms with Crippen molar-refractivity contribution in [3.8, 4) is 5.75 Å². The van der Waals surface area contributed by atoms with E-state index in [9.17, 15) is 18.0 Å². The molecular formula is C13H17F3N2O2. The lowest BCUT2D eigenvalue weighted by atomic mass is 10.3. The van der Waals surface area contributed by atoms with Crippen molar-refractivity contribution in [3.63, 3.8) is 0 Å². The molecule has 1 rings (SSSR count). The molecule has 0 aliphatic rings. The molecule has 7 heteroatoms. The molecule has 0 saturated heterocycles. The van der Waals surface area contributed by atoms with Gasteiger partial charge in [0.1, 0.15) is 12.3 Å². The molecule has 1 aromatic rings. The predicted octanol–water partition coefficient (Wildman–Crippen LogP) is 3.55. The number of nitrogens with one attached hydrogen (secondary N) is 2. The molecule has 0 heterocycles. The maximum Gasteiger partial charge on any atom is 0.405 e. The minimum Gasteiger partial charge on any atom is -0.491 e. The third-order valence-electron chi connectivity index (χ3n) is 2.45. The second-order valence-corrected chi connectivity index (χ2v) is 4.29. The Bertz CT molecular complexity index is 449. The molecule has 0 fully saturated rings. The first kappa shape index (κ1) is 16.1. The fraction of sp³-hybridized carbons (Fsp3) is 0.462. The van der Waals surface area contributed by atoms with Gasteiger partial charge in [-0.25, -0.2) is 4.79 Å². The van der Waals surface area contributed by atoms with Crippen LogP contribution in [0.4, 0.5) is 23.7 Å². The molecule has 0 saturated carbocycles. The van der Waals surface area contributed by atoms with Gasteiger partial charge >= 0.3 is 12.2 Å². The Kier molecular flexibility index (Phi) is 5.66. The molecule has 0 aromatic heterocycles. The summed E-state index contributed by atoms with van der Waals surface area (Å²) in [5, 5.41) is 4.04. The van der Waals surface area contributed by atoms with Gasteiger partial charge in [-0.2, -0.15) is 13.2 Å². The van der Waals surface area contributed by atoms with Crippen LogP contribution in [-0.2, 0) is 0 Å². The highest BCUT2D eigenvalue weighted by Gasteiger charge is 2.27. The van der Waals surface area contributed by atoms with Crippen LogP contribution in [0.15, 0.2) is 24.3 Å². The van der Waals surface area contributed by atoms with Gasteiger partial charge in [0.2, 0.25) is 0 Å². The van der Waals surface area contributed by atoms with Crippen LogP contribution in [0.2, 0.25) is 0 Å². The van der Waals surface area contributed by atoms with Crippen LogP contribution < -0.4 is 15.4 Å². The number of amides is 2. The lowest BCUT2D eigenvalue weighted by molar-refractivity contribution is -0.122. The van der Waals surface area contributed by atoms with E-state index in [-0.39, 0.29) is 6.10 Å². The molecule has 20 heavy (non-hydrogen) atoms. The van der Waals surface area contributed by atoms with Crippen molar-refractivity contribution in [3.05, 3.63) is 24.3 Å². The van der Waals surface area contributed by atoms with Gasteiger partial charge in [-0.05, 0) is 25.5 Å². The standard InChI is InChI=1S/C13H17F3N2O2/c1-3-9(2)20-11-6-4-5-10(7-11)18-12(19)17-8-13(14,15)16/h4-7,9H,3,8H2,1-2H3,(H2,17,18,19). The minimum absolute atomic E-state index is 0.0179. The van der Waals surface area contributed by atoms with Crippen LogP contribution in [0.3, 0.4) is 0 Å². The molecule has 1 atom stereocenters. The SMILES string of the molecule is CCC(C)Oc1cccc(NC(=O)NCC(F)(F)F)c1. The summed E-state index contributed by atoms with van der Waals surface area (Å²) < 4.78 is 41.4. The highest BCUT2D eigenvalue weighted by atomic mass is 19.4. The third kappa shape index (κ3) is 6.31. The zero-order chi connectivity index (χ0) is 15.2. The van der Waals surface area contributed by atoms with E-state index in [0.717, 1.165) is 6.42 Å². The minimum atomic E-state index is -4.43. The third-order valence-corrected chi connectivity index (χ3v) is 2.45. The summed E-state index contributed by atoms with van der Waals surface area (Å²) in [4.78, 5) is 11.3. The van der Waals surface area contributed by atoms with E-state index in [1.165, 1.54) is 0 Å². The van der Waals surface area contributed by atoms with Crippen molar-refractivity contribution < 1.29 is 22.7 Å². The summed E-state index contributed by atoms with van der Waals surface area (Å²) >= 11 is 0. The van der Waals surface area contributed by atoms with E-state index in [1.54, 1.807) is 29.6 Å². The van der Waals surface area contributed by atoms with Crippen molar-refractivity contribution in [1.29, 1.82) is 0 Å². The number of urea groups is 1. The summed E-state index contributed by atoms with van der Waals surface area (Å²) in [6.07, 6.45) is -3.59. The molecule has 112 valence electrons. The quantitative estimate of drug-likeness (QED) is 0.871. The first-order valence-corrected chi connectivity index (χ1v) is 6.18. The van der Waals surface area contributed by atoms with Crippen LogP contribution in [0.1, 0.15) is 20.3 Å². The maximum absolute atomic E-state index is 11.9. The van der Waals surface area contributed by atoms with Crippen LogP contribution in [-0.4, -0.2) is 24.9 Å². The summed E-state index contributed by atoms with van der Waals surface area (Å²) in [6, 6.07) is 5.57. The molecule has 2 N–H and O–H groups in total. The Morgan fingerprint density at radius 1 is 1.40 bits per heavy atom. The molecule has 0 aliphatic heterocycles. The number of anilines is 1. The maximum atomic E-state index is 11.9. The number of alkyl halides is 3. The average Bonchev–Trinajstić information content (AvgIpc) is 2.36. The number of hydrogen-bond acceptors (Lipinski definition) is 2. The Labute approximate surface area is 115 Å². The summed E-state index contributed by atoms with van der Waals surface area (Å²) in [7, 11) is 0. The summed E-state index contributed by atoms with van der Waals surface area (Å²) in [5.74, 6) is 0.549. The number of carbonyl (C=O) groups is 1. The lowest BCUT2D eigenvalue weighted by Gasteiger charge is -2.14. The molecular weight excluding hydrogens is 273 g/mol. The van der Waals surface area contributed by atoms with E-state index in [1.807, 2.05) is 13.8 Å². The summed E-state index contributed by atoms with van der Waals surface area (Å²) in [5.41, 5.74) is 0.366. The van der Waals surface area contributed by atoms with Gasteiger partial charge in [0.25, 0.3) is 0 Å². The molecule has 1 unspecified atom stereocenters. The van der Waals surface area contributed by atoms with Gasteiger partial charge < -0.3 is 15.4 Å². The topological polar surface area (TPSA) is 50.4 Å². The van der Waals surface area contributed by atoms with Crippen molar-refractivity contribution >= 4 is 11.7 Å². The molecule has 1 aromatic carbocycles. The fourth-order valence-electron chi connectivity index (χ4n) is 1.32. The Balaban J connectivity index is 2.55. The smallest absolute Gasteiger partial charge is 0.405 e. The van der Waals surface area contributed by atoms with E-state index in [2.05, 4.69) is 5.32 Å².